The molecule has 0 aromatic rings. The van der Waals surface area contributed by atoms with Crippen LogP contribution in [-0.4, -0.2) is 179 Å². The van der Waals surface area contributed by atoms with Crippen LogP contribution in [0.5, 0.6) is 0 Å². The second kappa shape index (κ2) is 18.1. The quantitative estimate of drug-likeness (QED) is 0.133. The summed E-state index contributed by atoms with van der Waals surface area (Å²) in [6, 6.07) is 0. The third-order valence-electron chi connectivity index (χ3n) is 6.64. The molecule has 231 valence electrons. The molecule has 0 aliphatic carbocycles. The fourth-order valence-corrected chi connectivity index (χ4v) is 4.42. The second-order valence-electron chi connectivity index (χ2n) is 9.57. The predicted molar refractivity (Wildman–Crippen MR) is 121 cm³/mol. The topological polar surface area (TPSA) is 253 Å². The van der Waals surface area contributed by atoms with Crippen LogP contribution in [0.15, 0.2) is 0 Å². The van der Waals surface area contributed by atoms with Gasteiger partial charge >= 0.3 is 39.9 Å². The third kappa shape index (κ3) is 12.3. The van der Waals surface area contributed by atoms with E-state index in [1.54, 1.807) is 0 Å². The minimum Gasteiger partial charge on any atom is -0.549 e. The Morgan fingerprint density at radius 3 is 1.55 bits per heavy atom. The Labute approximate surface area is 263 Å². The van der Waals surface area contributed by atoms with Crippen LogP contribution in [0.25, 0.3) is 0 Å². The molecule has 0 bridgehead atoms. The van der Waals surface area contributed by atoms with Gasteiger partial charge in [0.25, 0.3) is 0 Å². The zero-order chi connectivity index (χ0) is 29.2. The Morgan fingerprint density at radius 2 is 1.18 bits per heavy atom. The van der Waals surface area contributed by atoms with E-state index in [1.165, 1.54) is 19.8 Å². The van der Waals surface area contributed by atoms with Gasteiger partial charge < -0.3 is 60.0 Å². The predicted octanol–water partition coefficient (Wildman–Crippen LogP) is -9.06. The number of carbonyl (C=O) groups excluding carboxylic acids is 3. The molecule has 2 saturated heterocycles. The Hall–Kier alpha value is -0.705. The molecule has 0 amide bonds. The molecule has 2 fully saturated rings. The maximum absolute atomic E-state index is 11.2. The van der Waals surface area contributed by atoms with Gasteiger partial charge in [0.15, 0.2) is 5.79 Å². The van der Waals surface area contributed by atoms with E-state index in [2.05, 4.69) is 0 Å². The first-order valence-corrected chi connectivity index (χ1v) is 12.5. The summed E-state index contributed by atoms with van der Waals surface area (Å²) in [4.78, 5) is 43.9. The third-order valence-corrected chi connectivity index (χ3v) is 6.64. The first-order valence-electron chi connectivity index (χ1n) is 12.5. The van der Waals surface area contributed by atoms with E-state index in [9.17, 15) is 55.2 Å². The monoisotopic (exact) mass is 723 g/mol. The molecule has 2 heterocycles. The Morgan fingerprint density at radius 1 is 0.775 bits per heavy atom. The largest absolute Gasteiger partial charge is 3.00 e. The molecule has 1 radical (unpaired) electrons. The molecule has 0 spiro atoms. The SMILES string of the molecule is O=C([O-])CN1CCN(CC(=O)[O-])CCN(OCC[C@@]2(O)O[C@H](CO)[C@H](O)[C@H](O)[C@H]2O)CCN(CC(=O)[O-])CC1.[Gd+3]. The van der Waals surface area contributed by atoms with Crippen LogP contribution in [0.1, 0.15) is 6.42 Å². The van der Waals surface area contributed by atoms with Crippen molar-refractivity contribution in [3.63, 3.8) is 0 Å². The standard InChI is InChI=1S/C22H40N4O13.Gd/c27-14-15-19(34)20(35)21(36)22(37,39-15)1-10-38-26-8-6-24(12-17(30)31)4-2-23(11-16(28)29)3-5-25(7-9-26)13-18(32)33;/h15,19-21,27,34-37H,1-14H2,(H,28,29)(H,30,31)(H,32,33);/q;+3/p-3/t15-,19+,20+,21-,22-;/m1./s1. The van der Waals surface area contributed by atoms with Gasteiger partial charge in [-0.15, -0.1) is 0 Å². The maximum atomic E-state index is 11.2. The normalized spacial score (nSPS) is 30.5. The average Bonchev–Trinajstić information content (AvgIpc) is 2.85. The molecule has 2 rings (SSSR count). The van der Waals surface area contributed by atoms with Crippen LogP contribution in [0, 0.1) is 39.9 Å². The fourth-order valence-electron chi connectivity index (χ4n) is 4.42. The van der Waals surface area contributed by atoms with E-state index in [4.69, 9.17) is 9.57 Å². The first-order chi connectivity index (χ1) is 18.3. The summed E-state index contributed by atoms with van der Waals surface area (Å²) in [6.07, 6.45) is -7.09. The number of carboxylic acids is 3. The maximum Gasteiger partial charge on any atom is 3.00 e. The molecular weight excluding hydrogens is 686 g/mol. The Kier molecular flexibility index (Phi) is 16.9. The molecule has 17 nitrogen and oxygen atoms in total. The number of carbonyl (C=O) groups is 3. The van der Waals surface area contributed by atoms with E-state index >= 15 is 0 Å². The van der Waals surface area contributed by atoms with Gasteiger partial charge in [-0.05, 0) is 0 Å². The van der Waals surface area contributed by atoms with Crippen molar-refractivity contribution in [2.24, 2.45) is 0 Å². The number of ether oxygens (including phenoxy) is 1. The van der Waals surface area contributed by atoms with Crippen LogP contribution in [0.2, 0.25) is 0 Å². The van der Waals surface area contributed by atoms with Crippen LogP contribution in [0.4, 0.5) is 0 Å². The van der Waals surface area contributed by atoms with E-state index < -0.39 is 80.8 Å². The number of aliphatic carboxylic acids is 3. The van der Waals surface area contributed by atoms with Crippen molar-refractivity contribution in [2.45, 2.75) is 36.6 Å². The number of rotatable bonds is 11. The number of aliphatic hydroxyl groups excluding tert-OH is 4. The van der Waals surface area contributed by atoms with Crippen LogP contribution in [0.3, 0.4) is 0 Å². The molecule has 5 N–H and O–H groups in total. The number of hydrogen-bond donors (Lipinski definition) is 5. The smallest absolute Gasteiger partial charge is 0.549 e. The molecule has 0 unspecified atom stereocenters. The number of carboxylic acid groups (broad SMARTS) is 3. The molecule has 5 atom stereocenters. The summed E-state index contributed by atoms with van der Waals surface area (Å²) < 4.78 is 5.21. The zero-order valence-corrected chi connectivity index (χ0v) is 24.1. The summed E-state index contributed by atoms with van der Waals surface area (Å²) in [5.74, 6) is -6.37. The minimum atomic E-state index is -2.36. The van der Waals surface area contributed by atoms with Gasteiger partial charge in [-0.2, -0.15) is 5.06 Å². The van der Waals surface area contributed by atoms with Crippen LogP contribution >= 0.6 is 0 Å². The van der Waals surface area contributed by atoms with Crippen molar-refractivity contribution >= 4 is 17.9 Å². The molecule has 2 aliphatic rings. The van der Waals surface area contributed by atoms with Crippen LogP contribution < -0.4 is 15.3 Å². The van der Waals surface area contributed by atoms with Gasteiger partial charge in [0, 0.05) is 78.4 Å². The van der Waals surface area contributed by atoms with Gasteiger partial charge in [-0.3, -0.25) is 19.5 Å². The van der Waals surface area contributed by atoms with Crippen molar-refractivity contribution < 1.29 is 105 Å². The molecule has 18 heteroatoms. The van der Waals surface area contributed by atoms with Crippen molar-refractivity contribution in [1.29, 1.82) is 0 Å². The molecule has 0 saturated carbocycles. The average molecular weight is 723 g/mol. The van der Waals surface area contributed by atoms with E-state index in [0.717, 1.165) is 0 Å². The summed E-state index contributed by atoms with van der Waals surface area (Å²) in [5.41, 5.74) is 0. The van der Waals surface area contributed by atoms with Gasteiger partial charge in [0.1, 0.15) is 24.4 Å². The Balaban J connectivity index is 0.00000800. The van der Waals surface area contributed by atoms with Crippen molar-refractivity contribution in [2.75, 3.05) is 85.2 Å². The molecule has 0 aromatic carbocycles. The number of hydrogen-bond acceptors (Lipinski definition) is 17. The van der Waals surface area contributed by atoms with Gasteiger partial charge in [-0.25, -0.2) is 0 Å². The Bertz CT molecular complexity index is 781. The van der Waals surface area contributed by atoms with E-state index in [1.807, 2.05) is 0 Å². The van der Waals surface area contributed by atoms with E-state index in [-0.39, 0.29) is 98.9 Å². The molecule has 0 aromatic heterocycles. The van der Waals surface area contributed by atoms with Gasteiger partial charge in [0.2, 0.25) is 0 Å². The van der Waals surface area contributed by atoms with Crippen molar-refractivity contribution in [3.05, 3.63) is 0 Å². The number of nitrogens with zero attached hydrogens (tertiary/aromatic N) is 4. The number of aliphatic hydroxyl groups is 5. The van der Waals surface area contributed by atoms with Crippen LogP contribution in [-0.2, 0) is 24.0 Å². The summed E-state index contributed by atoms with van der Waals surface area (Å²) in [7, 11) is 0. The van der Waals surface area contributed by atoms with Gasteiger partial charge in [0.05, 0.1) is 31.1 Å². The second-order valence-corrected chi connectivity index (χ2v) is 9.57. The van der Waals surface area contributed by atoms with Crippen molar-refractivity contribution in [1.82, 2.24) is 19.8 Å². The first kappa shape index (κ1) is 37.3. The zero-order valence-electron chi connectivity index (χ0n) is 21.9. The fraction of sp³-hybridized carbons (Fsp3) is 0.864. The summed E-state index contributed by atoms with van der Waals surface area (Å²) in [6.45, 7) is -1.22. The summed E-state index contributed by atoms with van der Waals surface area (Å²) in [5, 5.41) is 85.2. The minimum absolute atomic E-state index is 0. The molecule has 40 heavy (non-hydrogen) atoms. The van der Waals surface area contributed by atoms with Crippen molar-refractivity contribution in [3.8, 4) is 0 Å². The van der Waals surface area contributed by atoms with Gasteiger partial charge in [-0.1, -0.05) is 0 Å². The number of hydroxylamine groups is 2. The molecule has 2 aliphatic heterocycles. The molecular formula is C22H37GdN4O13. The van der Waals surface area contributed by atoms with E-state index in [0.29, 0.717) is 0 Å². The summed E-state index contributed by atoms with van der Waals surface area (Å²) >= 11 is 0.